The maximum absolute atomic E-state index is 12.5. The summed E-state index contributed by atoms with van der Waals surface area (Å²) in [5, 5.41) is 9.14. The number of carbonyl (C=O) groups is 2. The number of rotatable bonds is 2. The van der Waals surface area contributed by atoms with Crippen molar-refractivity contribution >= 4 is 11.9 Å². The molecule has 0 bridgehead atoms. The van der Waals surface area contributed by atoms with E-state index in [0.29, 0.717) is 13.0 Å². The molecular formula is C14H23NO3. The molecule has 102 valence electrons. The number of nitrogens with zero attached hydrogens (tertiary/aromatic N) is 1. The van der Waals surface area contributed by atoms with Gasteiger partial charge in [-0.1, -0.05) is 20.3 Å². The largest absolute Gasteiger partial charge is 0.480 e. The van der Waals surface area contributed by atoms with Gasteiger partial charge in [0.2, 0.25) is 5.91 Å². The smallest absolute Gasteiger partial charge is 0.326 e. The highest BCUT2D eigenvalue weighted by atomic mass is 16.4. The zero-order valence-electron chi connectivity index (χ0n) is 11.3. The first-order valence-electron chi connectivity index (χ1n) is 6.94. The predicted molar refractivity (Wildman–Crippen MR) is 68.1 cm³/mol. The Balaban J connectivity index is 2.04. The van der Waals surface area contributed by atoms with Crippen molar-refractivity contribution in [1.29, 1.82) is 0 Å². The molecule has 1 aliphatic heterocycles. The quantitative estimate of drug-likeness (QED) is 0.821. The van der Waals surface area contributed by atoms with Gasteiger partial charge in [-0.3, -0.25) is 4.79 Å². The average molecular weight is 253 g/mol. The first-order chi connectivity index (χ1) is 8.41. The highest BCUT2D eigenvalue weighted by molar-refractivity contribution is 5.85. The van der Waals surface area contributed by atoms with Crippen molar-refractivity contribution in [2.45, 2.75) is 58.4 Å². The number of carboxylic acids is 1. The van der Waals surface area contributed by atoms with Crippen molar-refractivity contribution in [1.82, 2.24) is 4.90 Å². The molecule has 0 radical (unpaired) electrons. The summed E-state index contributed by atoms with van der Waals surface area (Å²) in [7, 11) is 0. The van der Waals surface area contributed by atoms with E-state index < -0.39 is 12.0 Å². The highest BCUT2D eigenvalue weighted by Crippen LogP contribution is 2.39. The van der Waals surface area contributed by atoms with E-state index in [1.807, 2.05) is 0 Å². The van der Waals surface area contributed by atoms with Crippen LogP contribution in [0.5, 0.6) is 0 Å². The van der Waals surface area contributed by atoms with Gasteiger partial charge in [-0.2, -0.15) is 0 Å². The molecule has 0 aromatic rings. The molecule has 2 rings (SSSR count). The van der Waals surface area contributed by atoms with Crippen LogP contribution in [0.1, 0.15) is 52.4 Å². The number of hydrogen-bond donors (Lipinski definition) is 1. The summed E-state index contributed by atoms with van der Waals surface area (Å²) >= 11 is 0. The zero-order valence-corrected chi connectivity index (χ0v) is 11.3. The van der Waals surface area contributed by atoms with Gasteiger partial charge in [-0.05, 0) is 37.5 Å². The first-order valence-corrected chi connectivity index (χ1v) is 6.94. The fourth-order valence-electron chi connectivity index (χ4n) is 3.43. The van der Waals surface area contributed by atoms with Gasteiger partial charge in [0.15, 0.2) is 0 Å². The minimum atomic E-state index is -0.851. The molecule has 4 nitrogen and oxygen atoms in total. The Morgan fingerprint density at radius 2 is 1.94 bits per heavy atom. The van der Waals surface area contributed by atoms with E-state index >= 15 is 0 Å². The molecule has 4 heteroatoms. The van der Waals surface area contributed by atoms with Crippen molar-refractivity contribution in [3.63, 3.8) is 0 Å². The lowest BCUT2D eigenvalue weighted by Gasteiger charge is -2.36. The first kappa shape index (κ1) is 13.4. The highest BCUT2D eigenvalue weighted by Gasteiger charge is 2.39. The van der Waals surface area contributed by atoms with E-state index in [1.54, 1.807) is 4.90 Å². The molecule has 0 aromatic carbocycles. The van der Waals surface area contributed by atoms with Crippen LogP contribution in [0.3, 0.4) is 0 Å². The summed E-state index contributed by atoms with van der Waals surface area (Å²) in [6, 6.07) is -0.581. The lowest BCUT2D eigenvalue weighted by molar-refractivity contribution is -0.150. The Hall–Kier alpha value is -1.06. The third-order valence-electron chi connectivity index (χ3n) is 4.38. The fourth-order valence-corrected chi connectivity index (χ4v) is 3.43. The summed E-state index contributed by atoms with van der Waals surface area (Å²) in [4.78, 5) is 25.2. The van der Waals surface area contributed by atoms with Crippen LogP contribution >= 0.6 is 0 Å². The SMILES string of the molecule is CC1(C)CCCC(C(=O)N2CCC[C@H]2C(=O)O)C1. The Kier molecular flexibility index (Phi) is 3.64. The van der Waals surface area contributed by atoms with Gasteiger partial charge in [0.1, 0.15) is 6.04 Å². The van der Waals surface area contributed by atoms with Crippen LogP contribution in [0.25, 0.3) is 0 Å². The maximum atomic E-state index is 12.5. The van der Waals surface area contributed by atoms with Gasteiger partial charge in [0.25, 0.3) is 0 Å². The van der Waals surface area contributed by atoms with Crippen molar-refractivity contribution in [3.8, 4) is 0 Å². The minimum Gasteiger partial charge on any atom is -0.480 e. The molecule has 1 unspecified atom stereocenters. The minimum absolute atomic E-state index is 0.0358. The Morgan fingerprint density at radius 1 is 1.22 bits per heavy atom. The number of carboxylic acid groups (broad SMARTS) is 1. The third-order valence-corrected chi connectivity index (χ3v) is 4.38. The molecule has 1 aliphatic carbocycles. The standard InChI is InChI=1S/C14H23NO3/c1-14(2)7-3-5-10(9-14)12(16)15-8-4-6-11(15)13(17)18/h10-11H,3-9H2,1-2H3,(H,17,18)/t10?,11-/m0/s1. The van der Waals surface area contributed by atoms with Crippen LogP contribution in [-0.2, 0) is 9.59 Å². The van der Waals surface area contributed by atoms with Crippen molar-refractivity contribution in [2.24, 2.45) is 11.3 Å². The zero-order chi connectivity index (χ0) is 13.3. The normalized spacial score (nSPS) is 31.3. The van der Waals surface area contributed by atoms with Gasteiger partial charge >= 0.3 is 5.97 Å². The number of aliphatic carboxylic acids is 1. The third kappa shape index (κ3) is 2.68. The predicted octanol–water partition coefficient (Wildman–Crippen LogP) is 2.28. The van der Waals surface area contributed by atoms with Crippen LogP contribution in [0.15, 0.2) is 0 Å². The Bertz CT molecular complexity index is 351. The lowest BCUT2D eigenvalue weighted by atomic mass is 9.72. The van der Waals surface area contributed by atoms with E-state index in [4.69, 9.17) is 5.11 Å². The molecule has 18 heavy (non-hydrogen) atoms. The maximum Gasteiger partial charge on any atom is 0.326 e. The van der Waals surface area contributed by atoms with E-state index in [1.165, 1.54) is 6.42 Å². The van der Waals surface area contributed by atoms with E-state index in [9.17, 15) is 9.59 Å². The summed E-state index contributed by atoms with van der Waals surface area (Å²) in [6.07, 6.45) is 5.49. The van der Waals surface area contributed by atoms with Crippen LogP contribution < -0.4 is 0 Å². The Labute approximate surface area is 108 Å². The van der Waals surface area contributed by atoms with Crippen LogP contribution in [-0.4, -0.2) is 34.5 Å². The molecule has 1 saturated heterocycles. The van der Waals surface area contributed by atoms with Crippen molar-refractivity contribution in [3.05, 3.63) is 0 Å². The van der Waals surface area contributed by atoms with Crippen molar-refractivity contribution < 1.29 is 14.7 Å². The summed E-state index contributed by atoms with van der Waals surface area (Å²) in [5.41, 5.74) is 0.219. The molecule has 2 fully saturated rings. The summed E-state index contributed by atoms with van der Waals surface area (Å²) in [5.74, 6) is -0.739. The molecule has 0 aromatic heterocycles. The number of hydrogen-bond acceptors (Lipinski definition) is 2. The molecule has 1 N–H and O–H groups in total. The lowest BCUT2D eigenvalue weighted by Crippen LogP contribution is -2.45. The molecule has 2 aliphatic rings. The van der Waals surface area contributed by atoms with Gasteiger partial charge < -0.3 is 10.0 Å². The number of amides is 1. The molecular weight excluding hydrogens is 230 g/mol. The second-order valence-electron chi connectivity index (χ2n) is 6.49. The van der Waals surface area contributed by atoms with Crippen LogP contribution in [0.4, 0.5) is 0 Å². The second kappa shape index (κ2) is 4.90. The van der Waals surface area contributed by atoms with Crippen LogP contribution in [0.2, 0.25) is 0 Å². The summed E-state index contributed by atoms with van der Waals surface area (Å²) in [6.45, 7) is 5.02. The molecule has 2 atom stereocenters. The summed E-state index contributed by atoms with van der Waals surface area (Å²) < 4.78 is 0. The number of carbonyl (C=O) groups excluding carboxylic acids is 1. The average Bonchev–Trinajstić information content (AvgIpc) is 2.75. The van der Waals surface area contributed by atoms with E-state index in [-0.39, 0.29) is 17.2 Å². The van der Waals surface area contributed by atoms with Gasteiger partial charge in [-0.15, -0.1) is 0 Å². The monoisotopic (exact) mass is 253 g/mol. The van der Waals surface area contributed by atoms with Crippen LogP contribution in [0, 0.1) is 11.3 Å². The second-order valence-corrected chi connectivity index (χ2v) is 6.49. The topological polar surface area (TPSA) is 57.6 Å². The van der Waals surface area contributed by atoms with E-state index in [0.717, 1.165) is 25.7 Å². The van der Waals surface area contributed by atoms with Crippen molar-refractivity contribution in [2.75, 3.05) is 6.54 Å². The van der Waals surface area contributed by atoms with Gasteiger partial charge in [-0.25, -0.2) is 4.79 Å². The van der Waals surface area contributed by atoms with Gasteiger partial charge in [0, 0.05) is 12.5 Å². The molecule has 1 saturated carbocycles. The molecule has 1 amide bonds. The van der Waals surface area contributed by atoms with Gasteiger partial charge in [0.05, 0.1) is 0 Å². The fraction of sp³-hybridized carbons (Fsp3) is 0.857. The molecule has 0 spiro atoms. The molecule has 1 heterocycles. The Morgan fingerprint density at radius 3 is 2.56 bits per heavy atom. The van der Waals surface area contributed by atoms with E-state index in [2.05, 4.69) is 13.8 Å². The number of likely N-dealkylation sites (tertiary alicyclic amines) is 1.